The highest BCUT2D eigenvalue weighted by atomic mass is 16.3. The Bertz CT molecular complexity index is 1330. The molecular formula is C25H22N4O4. The van der Waals surface area contributed by atoms with E-state index in [4.69, 9.17) is 4.42 Å². The van der Waals surface area contributed by atoms with Crippen molar-refractivity contribution in [2.45, 2.75) is 13.0 Å². The maximum Gasteiger partial charge on any atom is 0.295 e. The number of rotatable bonds is 4. The Hall–Kier alpha value is -4.20. The molecule has 33 heavy (non-hydrogen) atoms. The van der Waals surface area contributed by atoms with Crippen LogP contribution in [0.3, 0.4) is 0 Å². The van der Waals surface area contributed by atoms with Gasteiger partial charge < -0.3 is 19.2 Å². The third kappa shape index (κ3) is 3.69. The van der Waals surface area contributed by atoms with Gasteiger partial charge in [0.05, 0.1) is 17.3 Å². The predicted octanol–water partition coefficient (Wildman–Crippen LogP) is 3.38. The number of benzene rings is 1. The van der Waals surface area contributed by atoms with Gasteiger partial charge in [-0.25, -0.2) is 0 Å². The average Bonchev–Trinajstić information content (AvgIpc) is 3.53. The lowest BCUT2D eigenvalue weighted by Crippen LogP contribution is -2.56. The van der Waals surface area contributed by atoms with Crippen LogP contribution in [0.4, 0.5) is 0 Å². The smallest absolute Gasteiger partial charge is 0.295 e. The van der Waals surface area contributed by atoms with Crippen molar-refractivity contribution < 1.29 is 18.8 Å². The second kappa shape index (κ2) is 8.38. The second-order valence-electron chi connectivity index (χ2n) is 8.06. The number of piperazine rings is 1. The molecule has 0 saturated carbocycles. The van der Waals surface area contributed by atoms with E-state index in [2.05, 4.69) is 9.97 Å². The van der Waals surface area contributed by atoms with Crippen LogP contribution in [0.1, 0.15) is 27.6 Å². The summed E-state index contributed by atoms with van der Waals surface area (Å²) in [5.74, 6) is -0.671. The van der Waals surface area contributed by atoms with E-state index >= 15 is 0 Å². The van der Waals surface area contributed by atoms with Crippen molar-refractivity contribution in [2.75, 3.05) is 19.6 Å². The summed E-state index contributed by atoms with van der Waals surface area (Å²) in [5, 5.41) is 0.611. The molecule has 1 atom stereocenters. The minimum Gasteiger partial charge on any atom is -0.463 e. The van der Waals surface area contributed by atoms with Crippen molar-refractivity contribution in [3.05, 3.63) is 78.3 Å². The van der Waals surface area contributed by atoms with Crippen LogP contribution in [0.15, 0.2) is 71.6 Å². The van der Waals surface area contributed by atoms with Crippen LogP contribution in [0.2, 0.25) is 0 Å². The highest BCUT2D eigenvalue weighted by Crippen LogP contribution is 2.28. The summed E-state index contributed by atoms with van der Waals surface area (Å²) >= 11 is 0. The highest BCUT2D eigenvalue weighted by Gasteiger charge is 2.34. The molecular weight excluding hydrogens is 420 g/mol. The zero-order chi connectivity index (χ0) is 22.9. The molecule has 4 heterocycles. The molecule has 5 rings (SSSR count). The zero-order valence-corrected chi connectivity index (χ0v) is 18.0. The number of Topliss-reactive ketones (excluding diaryl/α,β-unsaturated/α-hetero) is 1. The van der Waals surface area contributed by atoms with Crippen molar-refractivity contribution in [1.29, 1.82) is 0 Å². The summed E-state index contributed by atoms with van der Waals surface area (Å²) in [6.07, 6.45) is 4.68. The SMILES string of the molecule is CC1CN(C(=O)c2ccccc2)CCN1C(=O)C(=O)c1c[nH]c2c(-c3ccco3)nccc12. The van der Waals surface area contributed by atoms with E-state index in [-0.39, 0.29) is 11.9 Å². The number of carbonyl (C=O) groups excluding carboxylic acids is 3. The van der Waals surface area contributed by atoms with E-state index in [0.29, 0.717) is 53.1 Å². The molecule has 1 N–H and O–H groups in total. The molecule has 1 saturated heterocycles. The standard InChI is InChI=1S/C25H22N4O4/c1-16-15-28(24(31)17-6-3-2-4-7-17)11-12-29(16)25(32)23(30)19-14-27-21-18(19)9-10-26-22(21)20-8-5-13-33-20/h2-10,13-14,16,27H,11-12,15H2,1H3. The number of hydrogen-bond acceptors (Lipinski definition) is 5. The molecule has 3 aromatic heterocycles. The van der Waals surface area contributed by atoms with Crippen LogP contribution >= 0.6 is 0 Å². The van der Waals surface area contributed by atoms with Crippen LogP contribution < -0.4 is 0 Å². The number of aromatic nitrogens is 2. The fourth-order valence-electron chi connectivity index (χ4n) is 4.30. The fraction of sp³-hybridized carbons (Fsp3) is 0.200. The average molecular weight is 442 g/mol. The molecule has 0 spiro atoms. The minimum atomic E-state index is -0.590. The fourth-order valence-corrected chi connectivity index (χ4v) is 4.30. The summed E-state index contributed by atoms with van der Waals surface area (Å²) in [6.45, 7) is 2.89. The summed E-state index contributed by atoms with van der Waals surface area (Å²) < 4.78 is 5.44. The van der Waals surface area contributed by atoms with Gasteiger partial charge in [0.15, 0.2) is 5.76 Å². The van der Waals surface area contributed by atoms with Gasteiger partial charge in [0.25, 0.3) is 17.6 Å². The first kappa shape index (κ1) is 20.7. The van der Waals surface area contributed by atoms with E-state index < -0.39 is 11.7 Å². The Morgan fingerprint density at radius 1 is 1.06 bits per heavy atom. The van der Waals surface area contributed by atoms with Crippen molar-refractivity contribution in [3.8, 4) is 11.5 Å². The number of amides is 2. The first-order chi connectivity index (χ1) is 16.0. The maximum atomic E-state index is 13.2. The van der Waals surface area contributed by atoms with Crippen molar-refractivity contribution in [2.24, 2.45) is 0 Å². The molecule has 1 aliphatic rings. The lowest BCUT2D eigenvalue weighted by molar-refractivity contribution is -0.130. The number of pyridine rings is 1. The molecule has 4 aromatic rings. The Kier molecular flexibility index (Phi) is 5.26. The Balaban J connectivity index is 1.34. The highest BCUT2D eigenvalue weighted by molar-refractivity contribution is 6.45. The van der Waals surface area contributed by atoms with Gasteiger partial charge >= 0.3 is 0 Å². The zero-order valence-electron chi connectivity index (χ0n) is 18.0. The Morgan fingerprint density at radius 2 is 1.88 bits per heavy atom. The molecule has 0 bridgehead atoms. The number of ketones is 1. The van der Waals surface area contributed by atoms with Crippen LogP contribution in [0.25, 0.3) is 22.4 Å². The Labute approximate surface area is 189 Å². The number of nitrogens with zero attached hydrogens (tertiary/aromatic N) is 3. The second-order valence-corrected chi connectivity index (χ2v) is 8.06. The third-order valence-electron chi connectivity index (χ3n) is 5.99. The van der Waals surface area contributed by atoms with Gasteiger partial charge in [-0.2, -0.15) is 0 Å². The number of fused-ring (bicyclic) bond motifs is 1. The largest absolute Gasteiger partial charge is 0.463 e. The number of hydrogen-bond donors (Lipinski definition) is 1. The summed E-state index contributed by atoms with van der Waals surface area (Å²) in [7, 11) is 0. The molecule has 2 amide bonds. The number of carbonyl (C=O) groups is 3. The van der Waals surface area contributed by atoms with Crippen LogP contribution in [0, 0.1) is 0 Å². The van der Waals surface area contributed by atoms with Gasteiger partial charge in [-0.15, -0.1) is 0 Å². The number of furan rings is 1. The van der Waals surface area contributed by atoms with Crippen molar-refractivity contribution in [1.82, 2.24) is 19.8 Å². The van der Waals surface area contributed by atoms with Gasteiger partial charge in [-0.3, -0.25) is 19.4 Å². The maximum absolute atomic E-state index is 13.2. The normalized spacial score (nSPS) is 16.2. The van der Waals surface area contributed by atoms with E-state index in [0.717, 1.165) is 0 Å². The van der Waals surface area contributed by atoms with Crippen LogP contribution in [-0.2, 0) is 4.79 Å². The lowest BCUT2D eigenvalue weighted by Gasteiger charge is -2.39. The first-order valence-corrected chi connectivity index (χ1v) is 10.7. The first-order valence-electron chi connectivity index (χ1n) is 10.7. The molecule has 1 aliphatic heterocycles. The van der Waals surface area contributed by atoms with E-state index in [9.17, 15) is 14.4 Å². The predicted molar refractivity (Wildman–Crippen MR) is 122 cm³/mol. The minimum absolute atomic E-state index is 0.0736. The number of H-pyrrole nitrogens is 1. The number of nitrogens with one attached hydrogen (secondary N) is 1. The summed E-state index contributed by atoms with van der Waals surface area (Å²) in [5.41, 5.74) is 2.11. The van der Waals surface area contributed by atoms with Gasteiger partial charge in [0, 0.05) is 49.0 Å². The summed E-state index contributed by atoms with van der Waals surface area (Å²) in [6, 6.07) is 14.0. The molecule has 8 nitrogen and oxygen atoms in total. The van der Waals surface area contributed by atoms with E-state index in [1.54, 1.807) is 58.8 Å². The summed E-state index contributed by atoms with van der Waals surface area (Å²) in [4.78, 5) is 49.7. The van der Waals surface area contributed by atoms with Gasteiger partial charge in [-0.1, -0.05) is 18.2 Å². The Morgan fingerprint density at radius 3 is 2.61 bits per heavy atom. The van der Waals surface area contributed by atoms with E-state index in [1.165, 1.54) is 0 Å². The monoisotopic (exact) mass is 442 g/mol. The number of aromatic amines is 1. The molecule has 1 unspecified atom stereocenters. The third-order valence-corrected chi connectivity index (χ3v) is 5.99. The van der Waals surface area contributed by atoms with Crippen molar-refractivity contribution >= 4 is 28.5 Å². The molecule has 0 aliphatic carbocycles. The molecule has 1 fully saturated rings. The molecule has 0 radical (unpaired) electrons. The van der Waals surface area contributed by atoms with Crippen LogP contribution in [-0.4, -0.2) is 63.0 Å². The van der Waals surface area contributed by atoms with Gasteiger partial charge in [0.1, 0.15) is 5.69 Å². The molecule has 1 aromatic carbocycles. The molecule has 8 heteroatoms. The topological polar surface area (TPSA) is 99.5 Å². The lowest BCUT2D eigenvalue weighted by atomic mass is 10.1. The van der Waals surface area contributed by atoms with Crippen molar-refractivity contribution in [3.63, 3.8) is 0 Å². The van der Waals surface area contributed by atoms with Crippen LogP contribution in [0.5, 0.6) is 0 Å². The molecule has 166 valence electrons. The quantitative estimate of drug-likeness (QED) is 0.386. The van der Waals surface area contributed by atoms with Gasteiger partial charge in [0.2, 0.25) is 0 Å². The van der Waals surface area contributed by atoms with Gasteiger partial charge in [-0.05, 0) is 37.3 Å². The van der Waals surface area contributed by atoms with E-state index in [1.807, 2.05) is 25.1 Å².